The fourth-order valence-corrected chi connectivity index (χ4v) is 2.82. The minimum atomic E-state index is -0.315. The molecule has 1 amide bonds. The molecule has 1 N–H and O–H groups in total. The van der Waals surface area contributed by atoms with Gasteiger partial charge < -0.3 is 5.32 Å². The number of amides is 1. The summed E-state index contributed by atoms with van der Waals surface area (Å²) in [6, 6.07) is 17.1. The number of hydrogen-bond donors (Lipinski definition) is 1. The Kier molecular flexibility index (Phi) is 6.11. The lowest BCUT2D eigenvalue weighted by Crippen LogP contribution is -2.28. The molecule has 0 aliphatic rings. The third kappa shape index (κ3) is 4.59. The summed E-state index contributed by atoms with van der Waals surface area (Å²) in [7, 11) is 0. The van der Waals surface area contributed by atoms with E-state index in [1.165, 1.54) is 10.7 Å². The zero-order valence-corrected chi connectivity index (χ0v) is 15.6. The molecule has 1 heterocycles. The van der Waals surface area contributed by atoms with E-state index in [2.05, 4.69) is 10.4 Å². The van der Waals surface area contributed by atoms with Gasteiger partial charge in [0.05, 0.1) is 5.56 Å². The normalized spacial score (nSPS) is 10.5. The number of carbonyl (C=O) groups excluding carboxylic acids is 2. The van der Waals surface area contributed by atoms with Crippen molar-refractivity contribution in [2.75, 3.05) is 6.54 Å². The molecule has 0 spiro atoms. The van der Waals surface area contributed by atoms with Crippen molar-refractivity contribution in [1.29, 1.82) is 0 Å². The maximum Gasteiger partial charge on any atom is 0.266 e. The van der Waals surface area contributed by atoms with Crippen molar-refractivity contribution >= 4 is 11.7 Å². The van der Waals surface area contributed by atoms with Crippen molar-refractivity contribution in [2.45, 2.75) is 19.9 Å². The fraction of sp³-hybridized carbons (Fsp3) is 0.182. The lowest BCUT2D eigenvalue weighted by atomic mass is 9.97. The van der Waals surface area contributed by atoms with E-state index in [1.807, 2.05) is 19.1 Å². The predicted molar refractivity (Wildman–Crippen MR) is 107 cm³/mol. The summed E-state index contributed by atoms with van der Waals surface area (Å²) >= 11 is 0. The van der Waals surface area contributed by atoms with E-state index in [0.717, 1.165) is 5.56 Å². The number of nitrogens with one attached hydrogen (secondary N) is 1. The molecule has 3 aromatic rings. The van der Waals surface area contributed by atoms with Crippen LogP contribution < -0.4 is 10.9 Å². The van der Waals surface area contributed by atoms with Crippen molar-refractivity contribution < 1.29 is 9.59 Å². The van der Waals surface area contributed by atoms with Gasteiger partial charge in [0.25, 0.3) is 11.5 Å². The van der Waals surface area contributed by atoms with Gasteiger partial charge >= 0.3 is 0 Å². The van der Waals surface area contributed by atoms with Crippen LogP contribution in [0.1, 0.15) is 38.3 Å². The number of hydrogen-bond acceptors (Lipinski definition) is 4. The monoisotopic (exact) mass is 375 g/mol. The highest BCUT2D eigenvalue weighted by molar-refractivity contribution is 6.15. The number of aryl methyl sites for hydroxylation is 2. The van der Waals surface area contributed by atoms with E-state index in [1.54, 1.807) is 48.7 Å². The van der Waals surface area contributed by atoms with Crippen LogP contribution in [0, 0.1) is 6.92 Å². The summed E-state index contributed by atoms with van der Waals surface area (Å²) in [5, 5.41) is 6.79. The maximum atomic E-state index is 12.8. The first kappa shape index (κ1) is 19.2. The van der Waals surface area contributed by atoms with Crippen LogP contribution in [-0.2, 0) is 6.54 Å². The van der Waals surface area contributed by atoms with Crippen LogP contribution in [0.15, 0.2) is 71.7 Å². The molecule has 142 valence electrons. The van der Waals surface area contributed by atoms with E-state index < -0.39 is 0 Å². The lowest BCUT2D eigenvalue weighted by Gasteiger charge is -2.10. The molecule has 0 saturated heterocycles. The Morgan fingerprint density at radius 2 is 1.68 bits per heavy atom. The largest absolute Gasteiger partial charge is 0.352 e. The molecule has 28 heavy (non-hydrogen) atoms. The molecule has 1 aromatic heterocycles. The smallest absolute Gasteiger partial charge is 0.266 e. The second-order valence-corrected chi connectivity index (χ2v) is 6.44. The van der Waals surface area contributed by atoms with Crippen LogP contribution in [0.4, 0.5) is 0 Å². The number of carbonyl (C=O) groups is 2. The Bertz CT molecular complexity index is 1040. The van der Waals surface area contributed by atoms with Gasteiger partial charge in [0.15, 0.2) is 5.78 Å². The molecule has 0 unspecified atom stereocenters. The highest BCUT2D eigenvalue weighted by atomic mass is 16.2. The second-order valence-electron chi connectivity index (χ2n) is 6.44. The van der Waals surface area contributed by atoms with E-state index in [-0.39, 0.29) is 17.2 Å². The van der Waals surface area contributed by atoms with Gasteiger partial charge in [-0.3, -0.25) is 14.4 Å². The molecule has 6 heteroatoms. The highest BCUT2D eigenvalue weighted by Crippen LogP contribution is 2.15. The van der Waals surface area contributed by atoms with Crippen molar-refractivity contribution in [3.8, 4) is 0 Å². The van der Waals surface area contributed by atoms with Gasteiger partial charge in [0.1, 0.15) is 0 Å². The number of nitrogens with zero attached hydrogens (tertiary/aromatic N) is 2. The van der Waals surface area contributed by atoms with Gasteiger partial charge in [-0.25, -0.2) is 4.68 Å². The molecule has 0 atom stereocenters. The van der Waals surface area contributed by atoms with Gasteiger partial charge in [-0.15, -0.1) is 0 Å². The fourth-order valence-electron chi connectivity index (χ4n) is 2.82. The van der Waals surface area contributed by atoms with Crippen molar-refractivity contribution in [3.63, 3.8) is 0 Å². The predicted octanol–water partition coefficient (Wildman–Crippen LogP) is 2.60. The summed E-state index contributed by atoms with van der Waals surface area (Å²) in [6.45, 7) is 2.73. The third-order valence-corrected chi connectivity index (χ3v) is 4.35. The Balaban J connectivity index is 1.65. The average molecular weight is 375 g/mol. The summed E-state index contributed by atoms with van der Waals surface area (Å²) < 4.78 is 1.35. The van der Waals surface area contributed by atoms with E-state index in [9.17, 15) is 14.4 Å². The number of aromatic nitrogens is 2. The summed E-state index contributed by atoms with van der Waals surface area (Å²) in [5.74, 6) is -0.504. The molecular weight excluding hydrogens is 354 g/mol. The molecule has 3 rings (SSSR count). The molecule has 0 fully saturated rings. The second kappa shape index (κ2) is 8.90. The van der Waals surface area contributed by atoms with Gasteiger partial charge in [-0.05, 0) is 25.5 Å². The Morgan fingerprint density at radius 1 is 0.964 bits per heavy atom. The van der Waals surface area contributed by atoms with E-state index in [4.69, 9.17) is 0 Å². The number of rotatable bonds is 7. The van der Waals surface area contributed by atoms with Crippen LogP contribution in [0.3, 0.4) is 0 Å². The third-order valence-electron chi connectivity index (χ3n) is 4.35. The Hall–Kier alpha value is -3.54. The average Bonchev–Trinajstić information content (AvgIpc) is 2.72. The molecule has 2 aromatic carbocycles. The summed E-state index contributed by atoms with van der Waals surface area (Å²) in [6.07, 6.45) is 2.10. The molecule has 0 bridgehead atoms. The van der Waals surface area contributed by atoms with Gasteiger partial charge in [-0.1, -0.05) is 48.0 Å². The molecule has 6 nitrogen and oxygen atoms in total. The lowest BCUT2D eigenvalue weighted by molar-refractivity contribution is 0.0941. The molecule has 0 aliphatic heterocycles. The summed E-state index contributed by atoms with van der Waals surface area (Å²) in [5.41, 5.74) is 2.13. The topological polar surface area (TPSA) is 81.1 Å². The molecule has 0 radical (unpaired) electrons. The van der Waals surface area contributed by atoms with Gasteiger partial charge in [0.2, 0.25) is 0 Å². The quantitative estimate of drug-likeness (QED) is 0.508. The first-order chi connectivity index (χ1) is 13.6. The van der Waals surface area contributed by atoms with Crippen LogP contribution in [-0.4, -0.2) is 28.0 Å². The Morgan fingerprint density at radius 3 is 2.39 bits per heavy atom. The van der Waals surface area contributed by atoms with E-state index >= 15 is 0 Å². The Labute approximate surface area is 162 Å². The first-order valence-corrected chi connectivity index (χ1v) is 9.07. The van der Waals surface area contributed by atoms with Crippen molar-refractivity contribution in [2.24, 2.45) is 0 Å². The number of ketones is 1. The summed E-state index contributed by atoms with van der Waals surface area (Å²) in [4.78, 5) is 37.0. The zero-order chi connectivity index (χ0) is 19.9. The molecule has 0 aliphatic carbocycles. The van der Waals surface area contributed by atoms with Crippen molar-refractivity contribution in [3.05, 3.63) is 99.5 Å². The SMILES string of the molecule is Cc1ccc(C(=O)c2ccccc2C(=O)NCCCn2ncccc2=O)cc1. The number of benzene rings is 2. The van der Waals surface area contributed by atoms with Crippen LogP contribution >= 0.6 is 0 Å². The van der Waals surface area contributed by atoms with Crippen LogP contribution in [0.5, 0.6) is 0 Å². The zero-order valence-electron chi connectivity index (χ0n) is 15.6. The first-order valence-electron chi connectivity index (χ1n) is 9.07. The standard InChI is InChI=1S/C22H21N3O3/c1-16-9-11-17(12-10-16)21(27)18-6-2-3-7-19(18)22(28)23-13-5-15-25-20(26)8-4-14-24-25/h2-4,6-12,14H,5,13,15H2,1H3,(H,23,28). The molecular formula is C22H21N3O3. The van der Waals surface area contributed by atoms with Gasteiger partial charge in [0, 0.05) is 36.5 Å². The molecule has 0 saturated carbocycles. The van der Waals surface area contributed by atoms with Crippen molar-refractivity contribution in [1.82, 2.24) is 15.1 Å². The van der Waals surface area contributed by atoms with E-state index in [0.29, 0.717) is 36.2 Å². The maximum absolute atomic E-state index is 12.8. The minimum absolute atomic E-state index is 0.178. The van der Waals surface area contributed by atoms with Crippen LogP contribution in [0.25, 0.3) is 0 Å². The van der Waals surface area contributed by atoms with Crippen LogP contribution in [0.2, 0.25) is 0 Å². The minimum Gasteiger partial charge on any atom is -0.352 e. The van der Waals surface area contributed by atoms with Gasteiger partial charge in [-0.2, -0.15) is 5.10 Å². The highest BCUT2D eigenvalue weighted by Gasteiger charge is 2.17.